The Hall–Kier alpha value is -3.86. The second-order valence-corrected chi connectivity index (χ2v) is 7.02. The van der Waals surface area contributed by atoms with Crippen molar-refractivity contribution in [1.82, 2.24) is 0 Å². The highest BCUT2D eigenvalue weighted by Crippen LogP contribution is 2.42. The Labute approximate surface area is 165 Å². The zero-order valence-electron chi connectivity index (χ0n) is 15.3. The van der Waals surface area contributed by atoms with Gasteiger partial charge in [-0.1, -0.05) is 42.5 Å². The number of phenols is 1. The molecule has 0 amide bonds. The summed E-state index contributed by atoms with van der Waals surface area (Å²) in [5.74, 6) is -0.0174. The number of carbonyl (C=O) groups is 1. The van der Waals surface area contributed by atoms with Crippen LogP contribution in [0.3, 0.4) is 0 Å². The van der Waals surface area contributed by atoms with Gasteiger partial charge in [0, 0.05) is 11.5 Å². The van der Waals surface area contributed by atoms with E-state index in [0.717, 1.165) is 5.56 Å². The average Bonchev–Trinajstić information content (AvgIpc) is 2.74. The average molecular weight is 384 g/mol. The summed E-state index contributed by atoms with van der Waals surface area (Å²) in [6, 6.07) is 19.3. The summed E-state index contributed by atoms with van der Waals surface area (Å²) >= 11 is 0. The van der Waals surface area contributed by atoms with Gasteiger partial charge in [0.05, 0.1) is 17.4 Å². The lowest BCUT2D eigenvalue weighted by Crippen LogP contribution is -2.22. The normalized spacial score (nSPS) is 15.7. The first-order valence-electron chi connectivity index (χ1n) is 9.25. The van der Waals surface area contributed by atoms with Gasteiger partial charge in [-0.2, -0.15) is 0 Å². The fraction of sp³-hybridized carbons (Fsp3) is 0.0833. The van der Waals surface area contributed by atoms with Crippen molar-refractivity contribution in [1.29, 1.82) is 0 Å². The van der Waals surface area contributed by atoms with Crippen LogP contribution in [0.1, 0.15) is 23.5 Å². The van der Waals surface area contributed by atoms with Crippen molar-refractivity contribution >= 4 is 16.9 Å². The number of rotatable bonds is 2. The minimum atomic E-state index is -0.311. The molecule has 1 aliphatic rings. The molecule has 29 heavy (non-hydrogen) atoms. The van der Waals surface area contributed by atoms with Gasteiger partial charge in [-0.15, -0.1) is 0 Å². The van der Waals surface area contributed by atoms with E-state index in [2.05, 4.69) is 0 Å². The lowest BCUT2D eigenvalue weighted by atomic mass is 9.85. The van der Waals surface area contributed by atoms with E-state index < -0.39 is 0 Å². The summed E-state index contributed by atoms with van der Waals surface area (Å²) in [5, 5.41) is 9.92. The molecule has 0 saturated carbocycles. The van der Waals surface area contributed by atoms with Crippen molar-refractivity contribution < 1.29 is 19.1 Å². The molecule has 3 aromatic carbocycles. The third kappa shape index (κ3) is 2.88. The van der Waals surface area contributed by atoms with Gasteiger partial charge in [0.25, 0.3) is 0 Å². The molecule has 0 fully saturated rings. The molecule has 0 saturated heterocycles. The molecular formula is C24H16O5. The second-order valence-electron chi connectivity index (χ2n) is 7.02. The maximum atomic E-state index is 13.2. The summed E-state index contributed by atoms with van der Waals surface area (Å²) in [5.41, 5.74) is 2.98. The van der Waals surface area contributed by atoms with E-state index in [1.807, 2.05) is 30.3 Å². The van der Waals surface area contributed by atoms with Crippen molar-refractivity contribution in [3.63, 3.8) is 0 Å². The van der Waals surface area contributed by atoms with Gasteiger partial charge in [0.15, 0.2) is 0 Å². The van der Waals surface area contributed by atoms with Gasteiger partial charge in [0.1, 0.15) is 23.3 Å². The van der Waals surface area contributed by atoms with Crippen molar-refractivity contribution in [2.24, 2.45) is 0 Å². The quantitative estimate of drug-likeness (QED) is 0.404. The van der Waals surface area contributed by atoms with E-state index in [-0.39, 0.29) is 29.5 Å². The molecule has 2 heterocycles. The van der Waals surface area contributed by atoms with Crippen LogP contribution in [0.15, 0.2) is 82.2 Å². The number of fused-ring (bicyclic) bond motifs is 3. The van der Waals surface area contributed by atoms with E-state index in [0.29, 0.717) is 33.4 Å². The molecule has 0 aliphatic carbocycles. The van der Waals surface area contributed by atoms with Crippen LogP contribution in [0.25, 0.3) is 22.1 Å². The Morgan fingerprint density at radius 2 is 1.66 bits per heavy atom. The Morgan fingerprint density at radius 1 is 0.897 bits per heavy atom. The Kier molecular flexibility index (Phi) is 3.95. The minimum absolute atomic E-state index is 0.125. The molecule has 1 N–H and O–H groups in total. The largest absolute Gasteiger partial charge is 0.508 e. The highest BCUT2D eigenvalue weighted by atomic mass is 16.5. The molecule has 142 valence electrons. The number of hydrogen-bond acceptors (Lipinski definition) is 5. The van der Waals surface area contributed by atoms with Crippen molar-refractivity contribution in [2.75, 3.05) is 0 Å². The van der Waals surface area contributed by atoms with Crippen molar-refractivity contribution in [3.8, 4) is 22.6 Å². The third-order valence-electron chi connectivity index (χ3n) is 5.26. The molecule has 0 bridgehead atoms. The molecule has 0 radical (unpaired) electrons. The third-order valence-corrected chi connectivity index (χ3v) is 5.26. The number of esters is 1. The first-order valence-corrected chi connectivity index (χ1v) is 9.25. The molecule has 1 aromatic heterocycles. The maximum absolute atomic E-state index is 13.2. The molecule has 1 atom stereocenters. The number of ether oxygens (including phenoxy) is 1. The number of hydrogen-bond donors (Lipinski definition) is 1. The van der Waals surface area contributed by atoms with Gasteiger partial charge in [-0.05, 0) is 35.4 Å². The highest BCUT2D eigenvalue weighted by molar-refractivity contribution is 5.90. The van der Waals surface area contributed by atoms with Crippen LogP contribution < -0.4 is 10.2 Å². The van der Waals surface area contributed by atoms with Crippen molar-refractivity contribution in [3.05, 3.63) is 94.3 Å². The fourth-order valence-electron chi connectivity index (χ4n) is 3.87. The Balaban J connectivity index is 1.74. The lowest BCUT2D eigenvalue weighted by Gasteiger charge is -2.25. The molecule has 4 aromatic rings. The zero-order chi connectivity index (χ0) is 20.0. The number of aromatic hydroxyl groups is 1. The first-order chi connectivity index (χ1) is 14.1. The van der Waals surface area contributed by atoms with Gasteiger partial charge in [-0.3, -0.25) is 9.59 Å². The summed E-state index contributed by atoms with van der Waals surface area (Å²) in [6.45, 7) is 0. The smallest absolute Gasteiger partial charge is 0.312 e. The molecule has 0 unspecified atom stereocenters. The van der Waals surface area contributed by atoms with Crippen LogP contribution in [0.2, 0.25) is 0 Å². The van der Waals surface area contributed by atoms with E-state index >= 15 is 0 Å². The molecular weight excluding hydrogens is 368 g/mol. The number of phenolic OH excluding ortho intramolecular Hbond substituents is 1. The lowest BCUT2D eigenvalue weighted by molar-refractivity contribution is -0.135. The van der Waals surface area contributed by atoms with E-state index in [9.17, 15) is 14.7 Å². The zero-order valence-corrected chi connectivity index (χ0v) is 15.3. The maximum Gasteiger partial charge on any atom is 0.312 e. The minimum Gasteiger partial charge on any atom is -0.508 e. The van der Waals surface area contributed by atoms with Crippen LogP contribution in [-0.4, -0.2) is 11.1 Å². The van der Waals surface area contributed by atoms with Crippen LogP contribution in [0.4, 0.5) is 0 Å². The molecule has 5 nitrogen and oxygen atoms in total. The van der Waals surface area contributed by atoms with Gasteiger partial charge < -0.3 is 14.3 Å². The van der Waals surface area contributed by atoms with Crippen LogP contribution in [0, 0.1) is 0 Å². The van der Waals surface area contributed by atoms with E-state index in [1.165, 1.54) is 18.4 Å². The monoisotopic (exact) mass is 384 g/mol. The highest BCUT2D eigenvalue weighted by Gasteiger charge is 2.32. The SMILES string of the molecule is O=C1C[C@@H](c2ccccc2)c2c(ccc3c(=O)c(-c4ccc(O)cc4)coc23)O1. The first kappa shape index (κ1) is 17.3. The molecule has 5 rings (SSSR count). The van der Waals surface area contributed by atoms with Crippen LogP contribution in [0.5, 0.6) is 11.5 Å². The van der Waals surface area contributed by atoms with Crippen LogP contribution in [-0.2, 0) is 4.79 Å². The van der Waals surface area contributed by atoms with E-state index in [4.69, 9.17) is 9.15 Å². The molecule has 5 heteroatoms. The Bertz CT molecular complexity index is 1290. The summed E-state index contributed by atoms with van der Waals surface area (Å²) in [6.07, 6.45) is 1.61. The summed E-state index contributed by atoms with van der Waals surface area (Å²) in [7, 11) is 0. The fourth-order valence-corrected chi connectivity index (χ4v) is 3.87. The predicted octanol–water partition coefficient (Wildman–Crippen LogP) is 4.61. The predicted molar refractivity (Wildman–Crippen MR) is 108 cm³/mol. The van der Waals surface area contributed by atoms with E-state index in [1.54, 1.807) is 24.3 Å². The summed E-state index contributed by atoms with van der Waals surface area (Å²) < 4.78 is 11.4. The second kappa shape index (κ2) is 6.63. The van der Waals surface area contributed by atoms with Gasteiger partial charge in [0.2, 0.25) is 5.43 Å². The summed E-state index contributed by atoms with van der Waals surface area (Å²) in [4.78, 5) is 25.3. The standard InChI is InChI=1S/C24H16O5/c25-16-8-6-15(7-9-16)19-13-28-24-17(23(19)27)10-11-20-22(24)18(12-21(26)29-20)14-4-2-1-3-5-14/h1-11,13,18,25H,12H2/t18-/m0/s1. The van der Waals surface area contributed by atoms with Crippen LogP contribution >= 0.6 is 0 Å². The number of carbonyl (C=O) groups excluding carboxylic acids is 1. The number of benzene rings is 3. The Morgan fingerprint density at radius 3 is 2.41 bits per heavy atom. The van der Waals surface area contributed by atoms with Crippen molar-refractivity contribution in [2.45, 2.75) is 12.3 Å². The van der Waals surface area contributed by atoms with Gasteiger partial charge in [-0.25, -0.2) is 0 Å². The molecule has 1 aliphatic heterocycles. The topological polar surface area (TPSA) is 76.7 Å². The van der Waals surface area contributed by atoms with Gasteiger partial charge >= 0.3 is 5.97 Å². The molecule has 0 spiro atoms.